The molecule has 0 unspecified atom stereocenters. The summed E-state index contributed by atoms with van der Waals surface area (Å²) in [4.78, 5) is 25.7. The fourth-order valence-electron chi connectivity index (χ4n) is 4.06. The first-order valence-electron chi connectivity index (χ1n) is 12.3. The van der Waals surface area contributed by atoms with Gasteiger partial charge in [0.2, 0.25) is 11.2 Å². The molecule has 34 heavy (non-hydrogen) atoms. The van der Waals surface area contributed by atoms with E-state index in [1.165, 1.54) is 51.0 Å². The molecule has 2 N–H and O–H groups in total. The van der Waals surface area contributed by atoms with E-state index in [1.54, 1.807) is 24.3 Å². The Morgan fingerprint density at radius 3 is 2.15 bits per heavy atom. The third kappa shape index (κ3) is 6.86. The number of carbonyl (C=O) groups is 1. The van der Waals surface area contributed by atoms with Gasteiger partial charge in [-0.15, -0.1) is 0 Å². The summed E-state index contributed by atoms with van der Waals surface area (Å²) in [6, 6.07) is 11.1. The third-order valence-corrected chi connectivity index (χ3v) is 5.90. The van der Waals surface area contributed by atoms with Crippen molar-refractivity contribution in [3.63, 3.8) is 0 Å². The molecule has 6 heteroatoms. The molecule has 0 saturated carbocycles. The van der Waals surface area contributed by atoms with Crippen molar-refractivity contribution < 1.29 is 24.2 Å². The minimum absolute atomic E-state index is 0.0100. The van der Waals surface area contributed by atoms with Gasteiger partial charge in [-0.05, 0) is 6.42 Å². The molecule has 0 atom stereocenters. The Kier molecular flexibility index (Phi) is 9.56. The zero-order chi connectivity index (χ0) is 24.3. The molecule has 0 amide bonds. The molecule has 0 radical (unpaired) electrons. The first kappa shape index (κ1) is 25.3. The van der Waals surface area contributed by atoms with Gasteiger partial charge in [0.25, 0.3) is 0 Å². The molecule has 2 aromatic carbocycles. The third-order valence-electron chi connectivity index (χ3n) is 5.90. The highest BCUT2D eigenvalue weighted by atomic mass is 16.5. The highest BCUT2D eigenvalue weighted by molar-refractivity contribution is 5.89. The second-order valence-corrected chi connectivity index (χ2v) is 8.70. The lowest BCUT2D eigenvalue weighted by Crippen LogP contribution is -2.16. The van der Waals surface area contributed by atoms with Crippen molar-refractivity contribution in [3.05, 3.63) is 52.7 Å². The molecule has 0 fully saturated rings. The maximum absolute atomic E-state index is 13.2. The number of ether oxygens (including phenoxy) is 1. The Balaban J connectivity index is 1.65. The van der Waals surface area contributed by atoms with Gasteiger partial charge in [-0.2, -0.15) is 0 Å². The highest BCUT2D eigenvalue weighted by Gasteiger charge is 2.22. The van der Waals surface area contributed by atoms with E-state index in [2.05, 4.69) is 6.92 Å². The van der Waals surface area contributed by atoms with E-state index in [1.807, 2.05) is 6.07 Å². The number of hydrogen-bond acceptors (Lipinski definition) is 6. The lowest BCUT2D eigenvalue weighted by molar-refractivity contribution is -0.134. The lowest BCUT2D eigenvalue weighted by Gasteiger charge is -2.11. The van der Waals surface area contributed by atoms with E-state index < -0.39 is 17.1 Å². The summed E-state index contributed by atoms with van der Waals surface area (Å²) in [7, 11) is 0. The maximum atomic E-state index is 13.2. The molecule has 3 aromatic rings. The van der Waals surface area contributed by atoms with E-state index in [9.17, 15) is 19.8 Å². The molecule has 3 rings (SSSR count). The van der Waals surface area contributed by atoms with E-state index in [0.29, 0.717) is 12.0 Å². The monoisotopic (exact) mass is 466 g/mol. The molecule has 0 saturated heterocycles. The molecule has 0 aliphatic carbocycles. The van der Waals surface area contributed by atoms with E-state index in [-0.39, 0.29) is 34.6 Å². The first-order chi connectivity index (χ1) is 16.5. The van der Waals surface area contributed by atoms with Crippen LogP contribution in [0.15, 0.2) is 51.7 Å². The van der Waals surface area contributed by atoms with Gasteiger partial charge in [0, 0.05) is 24.1 Å². The number of fused-ring (bicyclic) bond motifs is 1. The van der Waals surface area contributed by atoms with Crippen LogP contribution in [0, 0.1) is 0 Å². The van der Waals surface area contributed by atoms with Crippen LogP contribution in [0.5, 0.6) is 17.2 Å². The Morgan fingerprint density at radius 2 is 1.50 bits per heavy atom. The molecule has 1 aromatic heterocycles. The van der Waals surface area contributed by atoms with Crippen molar-refractivity contribution in [1.82, 2.24) is 0 Å². The van der Waals surface area contributed by atoms with Crippen LogP contribution >= 0.6 is 0 Å². The van der Waals surface area contributed by atoms with Gasteiger partial charge in [-0.3, -0.25) is 9.59 Å². The Bertz CT molecular complexity index is 1130. The number of esters is 1. The van der Waals surface area contributed by atoms with Crippen molar-refractivity contribution >= 4 is 16.9 Å². The second-order valence-electron chi connectivity index (χ2n) is 8.70. The minimum atomic E-state index is -0.658. The normalized spacial score (nSPS) is 11.1. The van der Waals surface area contributed by atoms with Crippen LogP contribution in [-0.4, -0.2) is 16.2 Å². The number of phenolic OH excluding ortho intramolecular Hbond substituents is 2. The van der Waals surface area contributed by atoms with Crippen molar-refractivity contribution in [2.45, 2.75) is 77.6 Å². The van der Waals surface area contributed by atoms with Crippen molar-refractivity contribution in [2.75, 3.05) is 0 Å². The average Bonchev–Trinajstić information content (AvgIpc) is 2.82. The van der Waals surface area contributed by atoms with Gasteiger partial charge >= 0.3 is 5.97 Å². The summed E-state index contributed by atoms with van der Waals surface area (Å²) in [5, 5.41) is 19.9. The van der Waals surface area contributed by atoms with Crippen LogP contribution in [0.4, 0.5) is 0 Å². The van der Waals surface area contributed by atoms with Crippen LogP contribution in [0.1, 0.15) is 77.6 Å². The molecule has 0 aliphatic rings. The van der Waals surface area contributed by atoms with E-state index in [4.69, 9.17) is 9.15 Å². The molecule has 1 heterocycles. The number of benzene rings is 2. The number of rotatable bonds is 13. The fourth-order valence-corrected chi connectivity index (χ4v) is 4.06. The lowest BCUT2D eigenvalue weighted by atomic mass is 10.1. The number of carbonyl (C=O) groups excluding carboxylic acids is 1. The van der Waals surface area contributed by atoms with Crippen LogP contribution in [0.25, 0.3) is 22.3 Å². The number of unbranched alkanes of at least 4 members (excludes halogenated alkanes) is 9. The van der Waals surface area contributed by atoms with Gasteiger partial charge < -0.3 is 19.4 Å². The van der Waals surface area contributed by atoms with E-state index in [0.717, 1.165) is 18.9 Å². The Morgan fingerprint density at radius 1 is 0.882 bits per heavy atom. The van der Waals surface area contributed by atoms with Gasteiger partial charge in [0.15, 0.2) is 5.76 Å². The zero-order valence-corrected chi connectivity index (χ0v) is 19.8. The van der Waals surface area contributed by atoms with Crippen LogP contribution in [-0.2, 0) is 4.79 Å². The van der Waals surface area contributed by atoms with Gasteiger partial charge in [0.05, 0.1) is 0 Å². The molecular formula is C28H34O6. The average molecular weight is 467 g/mol. The summed E-state index contributed by atoms with van der Waals surface area (Å²) >= 11 is 0. The summed E-state index contributed by atoms with van der Waals surface area (Å²) in [5.41, 5.74) is -0.101. The molecule has 0 bridgehead atoms. The second kappa shape index (κ2) is 12.8. The number of aromatic hydroxyl groups is 2. The zero-order valence-electron chi connectivity index (χ0n) is 19.8. The van der Waals surface area contributed by atoms with Crippen molar-refractivity contribution in [1.29, 1.82) is 0 Å². The molecule has 0 spiro atoms. The Hall–Kier alpha value is -3.28. The van der Waals surface area contributed by atoms with Gasteiger partial charge in [-0.1, -0.05) is 95.0 Å². The predicted molar refractivity (Wildman–Crippen MR) is 133 cm³/mol. The van der Waals surface area contributed by atoms with Gasteiger partial charge in [-0.25, -0.2) is 0 Å². The van der Waals surface area contributed by atoms with Crippen molar-refractivity contribution in [3.8, 4) is 28.6 Å². The molecule has 6 nitrogen and oxygen atoms in total. The van der Waals surface area contributed by atoms with Crippen LogP contribution < -0.4 is 10.2 Å². The number of phenols is 2. The van der Waals surface area contributed by atoms with Crippen LogP contribution in [0.2, 0.25) is 0 Å². The fraction of sp³-hybridized carbons (Fsp3) is 0.429. The molecule has 182 valence electrons. The van der Waals surface area contributed by atoms with E-state index >= 15 is 0 Å². The SMILES string of the molecule is CCCCCCCCCCCCC(=O)Oc1c(-c2ccccc2)oc2cc(O)cc(O)c2c1=O. The largest absolute Gasteiger partial charge is 0.508 e. The maximum Gasteiger partial charge on any atom is 0.311 e. The van der Waals surface area contributed by atoms with Crippen molar-refractivity contribution in [2.24, 2.45) is 0 Å². The first-order valence-corrected chi connectivity index (χ1v) is 12.3. The summed E-state index contributed by atoms with van der Waals surface area (Å²) in [6.07, 6.45) is 11.7. The quantitative estimate of drug-likeness (QED) is 0.206. The minimum Gasteiger partial charge on any atom is -0.508 e. The van der Waals surface area contributed by atoms with Crippen LogP contribution in [0.3, 0.4) is 0 Å². The summed E-state index contributed by atoms with van der Waals surface area (Å²) < 4.78 is 11.3. The standard InChI is InChI=1S/C28H34O6/c1-2-3-4-5-6-7-8-9-10-14-17-24(31)34-28-26(32)25-22(30)18-21(29)19-23(25)33-27(28)20-15-12-11-13-16-20/h11-13,15-16,18-19,29-30H,2-10,14,17H2,1H3. The number of hydrogen-bond donors (Lipinski definition) is 2. The highest BCUT2D eigenvalue weighted by Crippen LogP contribution is 2.35. The topological polar surface area (TPSA) is 97.0 Å². The van der Waals surface area contributed by atoms with Gasteiger partial charge in [0.1, 0.15) is 22.5 Å². The Labute approximate surface area is 200 Å². The molecular weight excluding hydrogens is 432 g/mol. The summed E-state index contributed by atoms with van der Waals surface area (Å²) in [6.45, 7) is 2.22. The predicted octanol–water partition coefficient (Wildman–Crippen LogP) is 7.09. The smallest absolute Gasteiger partial charge is 0.311 e. The molecule has 0 aliphatic heterocycles. The summed E-state index contributed by atoms with van der Waals surface area (Å²) in [5.74, 6) is -1.36.